The van der Waals surface area contributed by atoms with Crippen molar-refractivity contribution < 1.29 is 18.0 Å². The van der Waals surface area contributed by atoms with E-state index in [0.717, 1.165) is 62.0 Å². The minimum absolute atomic E-state index is 0.229. The molecule has 2 heterocycles. The summed E-state index contributed by atoms with van der Waals surface area (Å²) in [6, 6.07) is 13.7. The van der Waals surface area contributed by atoms with E-state index < -0.39 is 11.7 Å². The van der Waals surface area contributed by atoms with E-state index in [4.69, 9.17) is 0 Å². The molecule has 0 radical (unpaired) electrons. The molecule has 33 heavy (non-hydrogen) atoms. The molecule has 1 amide bonds. The van der Waals surface area contributed by atoms with Crippen LogP contribution in [0.4, 0.5) is 13.2 Å². The van der Waals surface area contributed by atoms with Crippen molar-refractivity contribution in [1.29, 1.82) is 0 Å². The molecule has 174 valence electrons. The Balaban J connectivity index is 1.33. The zero-order valence-electron chi connectivity index (χ0n) is 18.7. The van der Waals surface area contributed by atoms with E-state index in [0.29, 0.717) is 18.4 Å². The number of carbonyl (C=O) groups excluding carboxylic acids is 1. The molecule has 5 rings (SSSR count). The summed E-state index contributed by atoms with van der Waals surface area (Å²) in [4.78, 5) is 14.9. The van der Waals surface area contributed by atoms with Gasteiger partial charge in [0.25, 0.3) is 0 Å². The Morgan fingerprint density at radius 3 is 2.24 bits per heavy atom. The zero-order valence-corrected chi connectivity index (χ0v) is 18.7. The van der Waals surface area contributed by atoms with E-state index in [1.807, 2.05) is 12.1 Å². The van der Waals surface area contributed by atoms with Crippen LogP contribution in [-0.4, -0.2) is 28.5 Å². The van der Waals surface area contributed by atoms with Crippen LogP contribution in [0.5, 0.6) is 0 Å². The molecule has 2 aromatic carbocycles. The number of likely N-dealkylation sites (tertiary alicyclic amines) is 1. The number of piperidine rings is 1. The van der Waals surface area contributed by atoms with Gasteiger partial charge in [0.15, 0.2) is 0 Å². The number of para-hydroxylation sites is 1. The molecule has 1 saturated carbocycles. The van der Waals surface area contributed by atoms with Crippen molar-refractivity contribution >= 4 is 16.8 Å². The molecule has 0 spiro atoms. The average Bonchev–Trinajstić information content (AvgIpc) is 3.48. The first kappa shape index (κ1) is 22.1. The van der Waals surface area contributed by atoms with Gasteiger partial charge in [0.2, 0.25) is 5.91 Å². The molecule has 1 saturated heterocycles. The van der Waals surface area contributed by atoms with Gasteiger partial charge in [-0.25, -0.2) is 0 Å². The van der Waals surface area contributed by atoms with Crippen molar-refractivity contribution in [2.24, 2.45) is 5.92 Å². The standard InChI is InChI=1S/C27H29F3N2O/c28-27(29,30)22-11-9-19(10-12-22)17-32-18-24(23-7-3-4-8-25(23)32)20-13-15-31(16-14-20)26(33)21-5-1-2-6-21/h3-4,7-12,18,20-21H,1-2,5-6,13-17H2. The largest absolute Gasteiger partial charge is 0.416 e. The first-order valence-corrected chi connectivity index (χ1v) is 11.9. The SMILES string of the molecule is O=C(C1CCCC1)N1CCC(c2cn(Cc3ccc(C(F)(F)F)cc3)c3ccccc23)CC1. The Morgan fingerprint density at radius 1 is 0.909 bits per heavy atom. The number of nitrogens with zero attached hydrogens (tertiary/aromatic N) is 2. The third kappa shape index (κ3) is 4.53. The lowest BCUT2D eigenvalue weighted by Crippen LogP contribution is -2.40. The highest BCUT2D eigenvalue weighted by atomic mass is 19.4. The minimum atomic E-state index is -4.32. The number of hydrogen-bond donors (Lipinski definition) is 0. The predicted molar refractivity (Wildman–Crippen MR) is 123 cm³/mol. The van der Waals surface area contributed by atoms with Crippen molar-refractivity contribution in [3.05, 3.63) is 71.4 Å². The Labute approximate surface area is 192 Å². The van der Waals surface area contributed by atoms with Gasteiger partial charge in [0, 0.05) is 42.7 Å². The zero-order chi connectivity index (χ0) is 23.0. The molecular weight excluding hydrogens is 425 g/mol. The maximum absolute atomic E-state index is 12.9. The highest BCUT2D eigenvalue weighted by molar-refractivity contribution is 5.85. The van der Waals surface area contributed by atoms with Crippen molar-refractivity contribution in [2.45, 2.75) is 57.2 Å². The third-order valence-corrected chi connectivity index (χ3v) is 7.40. The Bertz CT molecular complexity index is 1120. The number of alkyl halides is 3. The number of amides is 1. The molecule has 1 aliphatic heterocycles. The fraction of sp³-hybridized carbons (Fsp3) is 0.444. The van der Waals surface area contributed by atoms with Gasteiger partial charge in [-0.3, -0.25) is 4.79 Å². The van der Waals surface area contributed by atoms with Crippen molar-refractivity contribution in [1.82, 2.24) is 9.47 Å². The predicted octanol–water partition coefficient (Wildman–Crippen LogP) is 6.60. The number of aromatic nitrogens is 1. The van der Waals surface area contributed by atoms with Crippen LogP contribution in [0.25, 0.3) is 10.9 Å². The van der Waals surface area contributed by atoms with Gasteiger partial charge in [0.05, 0.1) is 5.56 Å². The molecule has 0 atom stereocenters. The smallest absolute Gasteiger partial charge is 0.343 e. The molecule has 1 aromatic heterocycles. The van der Waals surface area contributed by atoms with E-state index in [2.05, 4.69) is 27.8 Å². The molecule has 3 nitrogen and oxygen atoms in total. The molecule has 0 N–H and O–H groups in total. The fourth-order valence-electron chi connectivity index (χ4n) is 5.57. The highest BCUT2D eigenvalue weighted by Gasteiger charge is 2.32. The molecular formula is C27H29F3N2O. The van der Waals surface area contributed by atoms with Crippen LogP contribution in [0, 0.1) is 5.92 Å². The van der Waals surface area contributed by atoms with Crippen molar-refractivity contribution in [2.75, 3.05) is 13.1 Å². The van der Waals surface area contributed by atoms with Crippen LogP contribution in [0.2, 0.25) is 0 Å². The summed E-state index contributed by atoms with van der Waals surface area (Å²) >= 11 is 0. The van der Waals surface area contributed by atoms with Gasteiger partial charge in [-0.15, -0.1) is 0 Å². The van der Waals surface area contributed by atoms with Crippen LogP contribution in [0.1, 0.15) is 61.1 Å². The molecule has 1 aliphatic carbocycles. The maximum atomic E-state index is 12.9. The Morgan fingerprint density at radius 2 is 1.58 bits per heavy atom. The summed E-state index contributed by atoms with van der Waals surface area (Å²) in [6.45, 7) is 2.13. The van der Waals surface area contributed by atoms with E-state index in [1.54, 1.807) is 12.1 Å². The summed E-state index contributed by atoms with van der Waals surface area (Å²) in [5.41, 5.74) is 2.60. The normalized spacial score (nSPS) is 18.3. The lowest BCUT2D eigenvalue weighted by atomic mass is 9.88. The van der Waals surface area contributed by atoms with E-state index in [1.165, 1.54) is 23.8 Å². The second-order valence-electron chi connectivity index (χ2n) is 9.51. The maximum Gasteiger partial charge on any atom is 0.416 e. The first-order valence-electron chi connectivity index (χ1n) is 11.9. The molecule has 2 aliphatic rings. The summed E-state index contributed by atoms with van der Waals surface area (Å²) in [7, 11) is 0. The van der Waals surface area contributed by atoms with Crippen molar-refractivity contribution in [3.63, 3.8) is 0 Å². The van der Waals surface area contributed by atoms with Crippen LogP contribution in [-0.2, 0) is 17.5 Å². The lowest BCUT2D eigenvalue weighted by molar-refractivity contribution is -0.138. The number of halogens is 3. The fourth-order valence-corrected chi connectivity index (χ4v) is 5.57. The van der Waals surface area contributed by atoms with E-state index in [-0.39, 0.29) is 5.92 Å². The summed E-state index contributed by atoms with van der Waals surface area (Å²) < 4.78 is 40.8. The minimum Gasteiger partial charge on any atom is -0.343 e. The quantitative estimate of drug-likeness (QED) is 0.436. The first-order chi connectivity index (χ1) is 15.9. The number of fused-ring (bicyclic) bond motifs is 1. The Hall–Kier alpha value is -2.76. The second-order valence-corrected chi connectivity index (χ2v) is 9.51. The average molecular weight is 455 g/mol. The van der Waals surface area contributed by atoms with Crippen LogP contribution >= 0.6 is 0 Å². The molecule has 2 fully saturated rings. The number of carbonyl (C=O) groups is 1. The second kappa shape index (κ2) is 8.88. The molecule has 0 bridgehead atoms. The summed E-state index contributed by atoms with van der Waals surface area (Å²) in [5.74, 6) is 0.958. The Kier molecular flexibility index (Phi) is 5.94. The highest BCUT2D eigenvalue weighted by Crippen LogP contribution is 2.36. The van der Waals surface area contributed by atoms with Gasteiger partial charge >= 0.3 is 6.18 Å². The van der Waals surface area contributed by atoms with Gasteiger partial charge in [0.1, 0.15) is 0 Å². The van der Waals surface area contributed by atoms with Gasteiger partial charge in [-0.1, -0.05) is 43.2 Å². The van der Waals surface area contributed by atoms with Crippen LogP contribution in [0.15, 0.2) is 54.7 Å². The summed E-state index contributed by atoms with van der Waals surface area (Å²) in [6.07, 6.45) is 4.17. The number of rotatable bonds is 4. The van der Waals surface area contributed by atoms with Crippen LogP contribution in [0.3, 0.4) is 0 Å². The van der Waals surface area contributed by atoms with E-state index >= 15 is 0 Å². The third-order valence-electron chi connectivity index (χ3n) is 7.40. The number of hydrogen-bond acceptors (Lipinski definition) is 1. The van der Waals surface area contributed by atoms with Gasteiger partial charge < -0.3 is 9.47 Å². The van der Waals surface area contributed by atoms with Gasteiger partial charge in [-0.2, -0.15) is 13.2 Å². The molecule has 6 heteroatoms. The topological polar surface area (TPSA) is 25.2 Å². The monoisotopic (exact) mass is 454 g/mol. The van der Waals surface area contributed by atoms with Crippen molar-refractivity contribution in [3.8, 4) is 0 Å². The lowest BCUT2D eigenvalue weighted by Gasteiger charge is -2.33. The summed E-state index contributed by atoms with van der Waals surface area (Å²) in [5, 5.41) is 1.20. The molecule has 3 aromatic rings. The van der Waals surface area contributed by atoms with Crippen LogP contribution < -0.4 is 0 Å². The van der Waals surface area contributed by atoms with Gasteiger partial charge in [-0.05, 0) is 60.9 Å². The molecule has 0 unspecified atom stereocenters. The number of benzene rings is 2. The van der Waals surface area contributed by atoms with E-state index in [9.17, 15) is 18.0 Å².